The third-order valence-electron chi connectivity index (χ3n) is 1.43. The van der Waals surface area contributed by atoms with Gasteiger partial charge in [0.05, 0.1) is 15.1 Å². The molecule has 13 heavy (non-hydrogen) atoms. The highest BCUT2D eigenvalue weighted by Crippen LogP contribution is 2.31. The van der Waals surface area contributed by atoms with E-state index in [1.54, 1.807) is 0 Å². The highest BCUT2D eigenvalue weighted by Gasteiger charge is 2.09. The van der Waals surface area contributed by atoms with Crippen molar-refractivity contribution in [3.63, 3.8) is 0 Å². The van der Waals surface area contributed by atoms with Crippen molar-refractivity contribution in [2.45, 2.75) is 12.8 Å². The molecule has 0 saturated heterocycles. The first-order valence-electron chi connectivity index (χ1n) is 3.42. The van der Waals surface area contributed by atoms with E-state index in [1.807, 2.05) is 0 Å². The molecule has 0 aromatic heterocycles. The predicted octanol–water partition coefficient (Wildman–Crippen LogP) is 4.45. The quantitative estimate of drug-likeness (QED) is 0.675. The summed E-state index contributed by atoms with van der Waals surface area (Å²) < 4.78 is 23.9. The molecule has 0 bridgehead atoms. The average Bonchev–Trinajstić information content (AvgIpc) is 1.98. The lowest BCUT2D eigenvalue weighted by Crippen LogP contribution is -1.96. The number of hydrogen-bond donors (Lipinski definition) is 0. The summed E-state index contributed by atoms with van der Waals surface area (Å²) in [5.41, 5.74) is 0.384. The number of rotatable bonds is 2. The molecule has 0 aliphatic carbocycles. The van der Waals surface area contributed by atoms with Crippen LogP contribution in [0, 0.1) is 0 Å². The average molecular weight is 245 g/mol. The minimum atomic E-state index is -2.41. The summed E-state index contributed by atoms with van der Waals surface area (Å²) in [6.45, 7) is 0. The van der Waals surface area contributed by atoms with Gasteiger partial charge in [-0.2, -0.15) is 0 Å². The summed E-state index contributed by atoms with van der Waals surface area (Å²) in [5.74, 6) is 0. The zero-order valence-electron chi connectivity index (χ0n) is 6.33. The van der Waals surface area contributed by atoms with Gasteiger partial charge >= 0.3 is 0 Å². The molecular formula is C8H5Cl3F2. The second kappa shape index (κ2) is 4.45. The van der Waals surface area contributed by atoms with Crippen LogP contribution in [0.15, 0.2) is 12.1 Å². The maximum Gasteiger partial charge on any atom is 0.242 e. The first-order chi connectivity index (χ1) is 6.00. The minimum absolute atomic E-state index is 0.196. The van der Waals surface area contributed by atoms with E-state index in [9.17, 15) is 8.78 Å². The third kappa shape index (κ3) is 2.97. The van der Waals surface area contributed by atoms with Crippen molar-refractivity contribution < 1.29 is 8.78 Å². The van der Waals surface area contributed by atoms with Gasteiger partial charge in [0.1, 0.15) is 0 Å². The molecule has 0 aliphatic rings. The highest BCUT2D eigenvalue weighted by molar-refractivity contribution is 6.48. The molecular weight excluding hydrogens is 240 g/mol. The van der Waals surface area contributed by atoms with Crippen molar-refractivity contribution >= 4 is 34.8 Å². The van der Waals surface area contributed by atoms with Crippen molar-refractivity contribution in [1.29, 1.82) is 0 Å². The molecule has 0 heterocycles. The maximum absolute atomic E-state index is 12.0. The van der Waals surface area contributed by atoms with E-state index in [-0.39, 0.29) is 21.5 Å². The molecule has 72 valence electrons. The Hall–Kier alpha value is -0.0500. The molecule has 0 aliphatic heterocycles. The molecule has 0 amide bonds. The summed E-state index contributed by atoms with van der Waals surface area (Å²) in [6, 6.07) is 2.78. The molecule has 0 spiro atoms. The van der Waals surface area contributed by atoms with Gasteiger partial charge in [-0.05, 0) is 17.7 Å². The van der Waals surface area contributed by atoms with Crippen LogP contribution in [0.3, 0.4) is 0 Å². The van der Waals surface area contributed by atoms with Crippen molar-refractivity contribution in [1.82, 2.24) is 0 Å². The Morgan fingerprint density at radius 2 is 1.54 bits per heavy atom. The molecule has 0 N–H and O–H groups in total. The Bertz CT molecular complexity index is 289. The van der Waals surface area contributed by atoms with Crippen LogP contribution in [-0.2, 0) is 6.42 Å². The second-order valence-corrected chi connectivity index (χ2v) is 3.66. The van der Waals surface area contributed by atoms with Crippen LogP contribution in [0.5, 0.6) is 0 Å². The van der Waals surface area contributed by atoms with Gasteiger partial charge < -0.3 is 0 Å². The molecule has 0 unspecified atom stereocenters. The Balaban J connectivity index is 2.99. The number of hydrogen-bond acceptors (Lipinski definition) is 0. The largest absolute Gasteiger partial charge is 0.242 e. The molecule has 0 nitrogen and oxygen atoms in total. The molecule has 0 fully saturated rings. The zero-order valence-corrected chi connectivity index (χ0v) is 8.60. The van der Waals surface area contributed by atoms with Gasteiger partial charge in [0.15, 0.2) is 0 Å². The summed E-state index contributed by atoms with van der Waals surface area (Å²) >= 11 is 16.9. The van der Waals surface area contributed by atoms with Crippen molar-refractivity contribution in [2.75, 3.05) is 0 Å². The predicted molar refractivity (Wildman–Crippen MR) is 51.2 cm³/mol. The Morgan fingerprint density at radius 1 is 1.08 bits per heavy atom. The first kappa shape index (κ1) is 11.0. The molecule has 0 saturated carbocycles. The Morgan fingerprint density at radius 3 is 1.92 bits per heavy atom. The normalized spacial score (nSPS) is 10.9. The van der Waals surface area contributed by atoms with Crippen molar-refractivity contribution in [3.8, 4) is 0 Å². The van der Waals surface area contributed by atoms with E-state index in [1.165, 1.54) is 12.1 Å². The summed E-state index contributed by atoms with van der Waals surface area (Å²) in [4.78, 5) is 0. The van der Waals surface area contributed by atoms with Crippen LogP contribution in [-0.4, -0.2) is 6.43 Å². The maximum atomic E-state index is 12.0. The Kier molecular flexibility index (Phi) is 3.77. The van der Waals surface area contributed by atoms with Crippen LogP contribution < -0.4 is 0 Å². The van der Waals surface area contributed by atoms with E-state index in [0.717, 1.165) is 0 Å². The van der Waals surface area contributed by atoms with E-state index in [4.69, 9.17) is 34.8 Å². The second-order valence-electron chi connectivity index (χ2n) is 2.47. The number of benzene rings is 1. The highest BCUT2D eigenvalue weighted by atomic mass is 35.5. The monoisotopic (exact) mass is 244 g/mol. The lowest BCUT2D eigenvalue weighted by molar-refractivity contribution is 0.149. The van der Waals surface area contributed by atoms with Crippen LogP contribution in [0.25, 0.3) is 0 Å². The summed E-state index contributed by atoms with van der Waals surface area (Å²) in [7, 11) is 0. The SMILES string of the molecule is FC(F)Cc1cc(Cl)c(Cl)c(Cl)c1. The lowest BCUT2D eigenvalue weighted by atomic mass is 10.1. The van der Waals surface area contributed by atoms with Gasteiger partial charge in [0, 0.05) is 6.42 Å². The van der Waals surface area contributed by atoms with Crippen molar-refractivity contribution in [2.24, 2.45) is 0 Å². The molecule has 1 aromatic rings. The van der Waals surface area contributed by atoms with Crippen LogP contribution in [0.1, 0.15) is 5.56 Å². The number of alkyl halides is 2. The summed E-state index contributed by atoms with van der Waals surface area (Å²) in [5, 5.41) is 0.594. The van der Waals surface area contributed by atoms with Gasteiger partial charge in [0.25, 0.3) is 0 Å². The van der Waals surface area contributed by atoms with E-state index in [2.05, 4.69) is 0 Å². The lowest BCUT2D eigenvalue weighted by Gasteiger charge is -2.04. The Labute approximate surface area is 89.4 Å². The van der Waals surface area contributed by atoms with Crippen molar-refractivity contribution in [3.05, 3.63) is 32.8 Å². The fourth-order valence-electron chi connectivity index (χ4n) is 0.904. The molecule has 0 radical (unpaired) electrons. The fraction of sp³-hybridized carbons (Fsp3) is 0.250. The van der Waals surface area contributed by atoms with Gasteiger partial charge in [0.2, 0.25) is 6.43 Å². The molecule has 5 heteroatoms. The standard InChI is InChI=1S/C8H5Cl3F2/c9-5-1-4(3-7(12)13)2-6(10)8(5)11/h1-2,7H,3H2. The van der Waals surface area contributed by atoms with Crippen LogP contribution in [0.2, 0.25) is 15.1 Å². The van der Waals surface area contributed by atoms with Crippen LogP contribution >= 0.6 is 34.8 Å². The number of halogens is 5. The topological polar surface area (TPSA) is 0 Å². The van der Waals surface area contributed by atoms with E-state index in [0.29, 0.717) is 5.56 Å². The molecule has 0 atom stereocenters. The van der Waals surface area contributed by atoms with Gasteiger partial charge in [-0.1, -0.05) is 34.8 Å². The van der Waals surface area contributed by atoms with Gasteiger partial charge in [-0.15, -0.1) is 0 Å². The van der Waals surface area contributed by atoms with E-state index >= 15 is 0 Å². The van der Waals surface area contributed by atoms with E-state index < -0.39 is 6.43 Å². The third-order valence-corrected chi connectivity index (χ3v) is 2.63. The van der Waals surface area contributed by atoms with Crippen LogP contribution in [0.4, 0.5) is 8.78 Å². The molecule has 1 aromatic carbocycles. The molecule has 1 rings (SSSR count). The minimum Gasteiger partial charge on any atom is -0.210 e. The first-order valence-corrected chi connectivity index (χ1v) is 4.55. The van der Waals surface area contributed by atoms with Gasteiger partial charge in [-0.3, -0.25) is 0 Å². The fourth-order valence-corrected chi connectivity index (χ4v) is 1.55. The van der Waals surface area contributed by atoms with Gasteiger partial charge in [-0.25, -0.2) is 8.78 Å². The summed E-state index contributed by atoms with van der Waals surface area (Å²) in [6.07, 6.45) is -2.77. The zero-order chi connectivity index (χ0) is 10.0. The smallest absolute Gasteiger partial charge is 0.210 e.